The first-order chi connectivity index (χ1) is 12.7. The van der Waals surface area contributed by atoms with E-state index in [0.717, 1.165) is 11.3 Å². The smallest absolute Gasteiger partial charge is 0.249 e. The fraction of sp³-hybridized carbons (Fsp3) is 0.167. The molecule has 2 aromatic carbocycles. The second-order valence-electron chi connectivity index (χ2n) is 5.34. The van der Waals surface area contributed by atoms with Crippen molar-refractivity contribution in [2.24, 2.45) is 0 Å². The molecule has 0 aliphatic heterocycles. The summed E-state index contributed by atoms with van der Waals surface area (Å²) in [7, 11) is 3.15. The minimum absolute atomic E-state index is 0.265. The summed E-state index contributed by atoms with van der Waals surface area (Å²) in [6.45, 7) is 0.495. The molecule has 0 saturated carbocycles. The number of anilines is 3. The molecule has 0 radical (unpaired) electrons. The van der Waals surface area contributed by atoms with Crippen LogP contribution in [-0.2, 0) is 6.54 Å². The summed E-state index contributed by atoms with van der Waals surface area (Å²) < 4.78 is 23.4. The fourth-order valence-electron chi connectivity index (χ4n) is 2.28. The van der Waals surface area contributed by atoms with E-state index in [0.29, 0.717) is 29.8 Å². The highest BCUT2D eigenvalue weighted by Crippen LogP contribution is 2.30. The zero-order chi connectivity index (χ0) is 18.4. The van der Waals surface area contributed by atoms with Crippen molar-refractivity contribution in [2.75, 3.05) is 24.9 Å². The van der Waals surface area contributed by atoms with Gasteiger partial charge in [-0.1, -0.05) is 12.1 Å². The van der Waals surface area contributed by atoms with Gasteiger partial charge in [-0.15, -0.1) is 5.10 Å². The lowest BCUT2D eigenvalue weighted by atomic mass is 10.2. The number of benzene rings is 2. The van der Waals surface area contributed by atoms with E-state index in [9.17, 15) is 4.39 Å². The van der Waals surface area contributed by atoms with Crippen LogP contribution in [0.5, 0.6) is 11.5 Å². The number of methoxy groups -OCH3 is 2. The van der Waals surface area contributed by atoms with Crippen molar-refractivity contribution >= 4 is 17.5 Å². The largest absolute Gasteiger partial charge is 0.493 e. The monoisotopic (exact) mass is 355 g/mol. The van der Waals surface area contributed by atoms with Gasteiger partial charge in [0, 0.05) is 18.3 Å². The van der Waals surface area contributed by atoms with Crippen LogP contribution in [0.2, 0.25) is 0 Å². The Morgan fingerprint density at radius 3 is 2.50 bits per heavy atom. The normalized spacial score (nSPS) is 10.3. The van der Waals surface area contributed by atoms with Crippen LogP contribution in [0.3, 0.4) is 0 Å². The molecule has 3 aromatic rings. The van der Waals surface area contributed by atoms with Crippen LogP contribution < -0.4 is 20.1 Å². The minimum atomic E-state index is -0.265. The minimum Gasteiger partial charge on any atom is -0.493 e. The molecule has 0 fully saturated rings. The van der Waals surface area contributed by atoms with Gasteiger partial charge in [0.25, 0.3) is 0 Å². The molecule has 0 aliphatic rings. The van der Waals surface area contributed by atoms with E-state index in [1.807, 2.05) is 6.07 Å². The standard InChI is InChI=1S/C18H18FN5O2/c1-25-15-8-7-14(9-16(15)26-2)22-18-23-17(11-21-24-18)20-10-12-3-5-13(19)6-4-12/h3-9,11H,10H2,1-2H3,(H2,20,22,23,24). The molecule has 0 unspecified atom stereocenters. The van der Waals surface area contributed by atoms with Crippen molar-refractivity contribution < 1.29 is 13.9 Å². The summed E-state index contributed by atoms with van der Waals surface area (Å²) in [4.78, 5) is 4.36. The SMILES string of the molecule is COc1ccc(Nc2nncc(NCc3ccc(F)cc3)n2)cc1OC. The molecule has 0 bridgehead atoms. The first-order valence-electron chi connectivity index (χ1n) is 7.85. The highest BCUT2D eigenvalue weighted by atomic mass is 19.1. The van der Waals surface area contributed by atoms with E-state index in [1.54, 1.807) is 38.5 Å². The summed E-state index contributed by atoms with van der Waals surface area (Å²) in [6, 6.07) is 11.6. The van der Waals surface area contributed by atoms with Crippen LogP contribution in [0.25, 0.3) is 0 Å². The van der Waals surface area contributed by atoms with Gasteiger partial charge in [0.2, 0.25) is 5.95 Å². The first-order valence-corrected chi connectivity index (χ1v) is 7.85. The molecule has 1 heterocycles. The van der Waals surface area contributed by atoms with Crippen LogP contribution in [0.1, 0.15) is 5.56 Å². The number of nitrogens with one attached hydrogen (secondary N) is 2. The zero-order valence-electron chi connectivity index (χ0n) is 14.4. The second kappa shape index (κ2) is 8.11. The molecule has 0 aliphatic carbocycles. The Kier molecular flexibility index (Phi) is 5.43. The van der Waals surface area contributed by atoms with Crippen molar-refractivity contribution in [3.8, 4) is 11.5 Å². The van der Waals surface area contributed by atoms with Gasteiger partial charge >= 0.3 is 0 Å². The third-order valence-corrected chi connectivity index (χ3v) is 3.59. The number of nitrogens with zero attached hydrogens (tertiary/aromatic N) is 3. The molecule has 8 heteroatoms. The van der Waals surface area contributed by atoms with Crippen molar-refractivity contribution in [3.05, 3.63) is 60.0 Å². The Morgan fingerprint density at radius 2 is 1.77 bits per heavy atom. The maximum Gasteiger partial charge on any atom is 0.249 e. The van der Waals surface area contributed by atoms with Gasteiger partial charge in [-0.05, 0) is 29.8 Å². The summed E-state index contributed by atoms with van der Waals surface area (Å²) in [6.07, 6.45) is 1.52. The van der Waals surface area contributed by atoms with E-state index in [-0.39, 0.29) is 5.82 Å². The second-order valence-corrected chi connectivity index (χ2v) is 5.34. The van der Waals surface area contributed by atoms with Gasteiger partial charge in [0.1, 0.15) is 5.82 Å². The molecule has 0 saturated heterocycles. The lowest BCUT2D eigenvalue weighted by Gasteiger charge is -2.11. The van der Waals surface area contributed by atoms with Gasteiger partial charge < -0.3 is 20.1 Å². The summed E-state index contributed by atoms with van der Waals surface area (Å²) >= 11 is 0. The van der Waals surface area contributed by atoms with E-state index in [2.05, 4.69) is 25.8 Å². The number of halogens is 1. The maximum atomic E-state index is 12.9. The lowest BCUT2D eigenvalue weighted by Crippen LogP contribution is -2.05. The van der Waals surface area contributed by atoms with Gasteiger partial charge in [-0.2, -0.15) is 10.1 Å². The quantitative estimate of drug-likeness (QED) is 0.672. The first kappa shape index (κ1) is 17.4. The van der Waals surface area contributed by atoms with Gasteiger partial charge in [0.05, 0.1) is 20.4 Å². The Labute approximate surface area is 150 Å². The molecule has 0 atom stereocenters. The van der Waals surface area contributed by atoms with Crippen molar-refractivity contribution in [3.63, 3.8) is 0 Å². The number of rotatable bonds is 7. The molecule has 26 heavy (non-hydrogen) atoms. The Bertz CT molecular complexity index is 874. The third kappa shape index (κ3) is 4.35. The predicted molar refractivity (Wildman–Crippen MR) is 96.4 cm³/mol. The van der Waals surface area contributed by atoms with Crippen LogP contribution in [-0.4, -0.2) is 29.4 Å². The molecule has 3 rings (SSSR count). The molecular weight excluding hydrogens is 337 g/mol. The van der Waals surface area contributed by atoms with E-state index < -0.39 is 0 Å². The number of hydrogen-bond acceptors (Lipinski definition) is 7. The van der Waals surface area contributed by atoms with E-state index in [1.165, 1.54) is 18.3 Å². The molecule has 1 aromatic heterocycles. The Morgan fingerprint density at radius 1 is 1.00 bits per heavy atom. The lowest BCUT2D eigenvalue weighted by molar-refractivity contribution is 0.355. The molecule has 7 nitrogen and oxygen atoms in total. The summed E-state index contributed by atoms with van der Waals surface area (Å²) in [5.41, 5.74) is 1.67. The molecule has 0 spiro atoms. The molecule has 2 N–H and O–H groups in total. The molecule has 0 amide bonds. The highest BCUT2D eigenvalue weighted by Gasteiger charge is 2.07. The summed E-state index contributed by atoms with van der Waals surface area (Å²) in [5, 5.41) is 14.1. The highest BCUT2D eigenvalue weighted by molar-refractivity contribution is 5.60. The zero-order valence-corrected chi connectivity index (χ0v) is 14.4. The predicted octanol–water partition coefficient (Wildman–Crippen LogP) is 3.38. The van der Waals surface area contributed by atoms with Crippen molar-refractivity contribution in [1.82, 2.24) is 15.2 Å². The van der Waals surface area contributed by atoms with Gasteiger partial charge in [0.15, 0.2) is 17.3 Å². The number of aromatic nitrogens is 3. The fourth-order valence-corrected chi connectivity index (χ4v) is 2.28. The van der Waals surface area contributed by atoms with Crippen molar-refractivity contribution in [1.29, 1.82) is 0 Å². The van der Waals surface area contributed by atoms with Gasteiger partial charge in [-0.25, -0.2) is 4.39 Å². The number of hydrogen-bond donors (Lipinski definition) is 2. The Balaban J connectivity index is 1.68. The van der Waals surface area contributed by atoms with Crippen LogP contribution in [0.4, 0.5) is 21.8 Å². The Hall–Kier alpha value is -3.42. The maximum absolute atomic E-state index is 12.9. The van der Waals surface area contributed by atoms with Crippen LogP contribution in [0.15, 0.2) is 48.7 Å². The van der Waals surface area contributed by atoms with Crippen molar-refractivity contribution in [2.45, 2.75) is 6.54 Å². The van der Waals surface area contributed by atoms with Crippen LogP contribution >= 0.6 is 0 Å². The van der Waals surface area contributed by atoms with E-state index >= 15 is 0 Å². The molecule has 134 valence electrons. The van der Waals surface area contributed by atoms with Gasteiger partial charge in [-0.3, -0.25) is 0 Å². The van der Waals surface area contributed by atoms with Crippen LogP contribution in [0, 0.1) is 5.82 Å². The third-order valence-electron chi connectivity index (χ3n) is 3.59. The summed E-state index contributed by atoms with van der Waals surface area (Å²) in [5.74, 6) is 1.84. The number of ether oxygens (including phenoxy) is 2. The average Bonchev–Trinajstić information content (AvgIpc) is 2.68. The average molecular weight is 355 g/mol. The topological polar surface area (TPSA) is 81.2 Å². The van der Waals surface area contributed by atoms with E-state index in [4.69, 9.17) is 9.47 Å². The molecular formula is C18H18FN5O2.